The molecular formula is C13H34N2O5. The number of Topliss-reactive ketones (excluding diaryl/α,β-unsaturated/α-hetero) is 1. The van der Waals surface area contributed by atoms with Crippen molar-refractivity contribution in [1.82, 2.24) is 5.32 Å². The van der Waals surface area contributed by atoms with Crippen LogP contribution in [-0.4, -0.2) is 47.1 Å². The summed E-state index contributed by atoms with van der Waals surface area (Å²) in [5.74, 6) is -1.61. The van der Waals surface area contributed by atoms with Crippen LogP contribution in [0.1, 0.15) is 50.0 Å². The number of nitrogens with one attached hydrogen (secondary N) is 1. The van der Waals surface area contributed by atoms with Crippen molar-refractivity contribution in [2.24, 2.45) is 5.73 Å². The molecular weight excluding hydrogens is 264 g/mol. The second kappa shape index (κ2) is 26.2. The van der Waals surface area contributed by atoms with Gasteiger partial charge in [-0.25, -0.2) is 0 Å². The fourth-order valence-electron chi connectivity index (χ4n) is 0.291. The molecule has 0 atom stereocenters. The number of hydrogen-bond donors (Lipinski definition) is 4. The Labute approximate surface area is 123 Å². The minimum absolute atomic E-state index is 0. The van der Waals surface area contributed by atoms with E-state index in [0.717, 1.165) is 0 Å². The van der Waals surface area contributed by atoms with Gasteiger partial charge in [0.2, 0.25) is 0 Å². The van der Waals surface area contributed by atoms with E-state index in [0.29, 0.717) is 0 Å². The van der Waals surface area contributed by atoms with E-state index in [9.17, 15) is 14.4 Å². The third-order valence-corrected chi connectivity index (χ3v) is 0.836. The van der Waals surface area contributed by atoms with E-state index in [2.05, 4.69) is 11.1 Å². The molecule has 0 saturated carbocycles. The molecule has 0 spiro atoms. The number of rotatable bonds is 4. The summed E-state index contributed by atoms with van der Waals surface area (Å²) in [5, 5.41) is 18.4. The summed E-state index contributed by atoms with van der Waals surface area (Å²) in [6, 6.07) is 0.256. The highest BCUT2D eigenvalue weighted by Gasteiger charge is 1.95. The lowest BCUT2D eigenvalue weighted by molar-refractivity contribution is -0.136. The molecule has 0 bridgehead atoms. The standard InChI is InChI=1S/C5H11NO2.C3H6O.C2H5NO2.3CH4/c1-4(2)6-3-5(7)8;1-3(2)4;3-1-2(4)5;;;/h4,6H,3H2,1-2H3,(H,7,8);1-2H3;1,3H2,(H,4,5);3*1H4. The highest BCUT2D eigenvalue weighted by Crippen LogP contribution is 1.72. The van der Waals surface area contributed by atoms with Crippen molar-refractivity contribution >= 4 is 17.7 Å². The molecule has 0 amide bonds. The quantitative estimate of drug-likeness (QED) is 0.620. The largest absolute Gasteiger partial charge is 0.480 e. The third kappa shape index (κ3) is 130. The monoisotopic (exact) mass is 298 g/mol. The number of carboxylic acids is 2. The molecule has 0 aromatic heterocycles. The molecule has 0 unspecified atom stereocenters. The summed E-state index contributed by atoms with van der Waals surface area (Å²) in [5.41, 5.74) is 4.57. The number of ketones is 1. The van der Waals surface area contributed by atoms with Crippen molar-refractivity contribution < 1.29 is 24.6 Å². The van der Waals surface area contributed by atoms with Gasteiger partial charge in [0.1, 0.15) is 5.78 Å². The second-order valence-electron chi connectivity index (χ2n) is 3.44. The number of nitrogens with two attached hydrogens (primary N) is 1. The van der Waals surface area contributed by atoms with Crippen LogP contribution >= 0.6 is 0 Å². The van der Waals surface area contributed by atoms with Crippen LogP contribution in [0.3, 0.4) is 0 Å². The summed E-state index contributed by atoms with van der Waals surface area (Å²) in [6.45, 7) is 6.64. The molecule has 0 heterocycles. The molecule has 0 aliphatic heterocycles. The SMILES string of the molecule is C.C.C.CC(C)=O.CC(C)NCC(=O)O.NCC(=O)O. The zero-order valence-corrected chi connectivity index (χ0v) is 10.7. The molecule has 0 aromatic rings. The maximum Gasteiger partial charge on any atom is 0.317 e. The molecule has 0 aliphatic rings. The van der Waals surface area contributed by atoms with E-state index < -0.39 is 11.9 Å². The van der Waals surface area contributed by atoms with Crippen LogP contribution < -0.4 is 11.1 Å². The Bertz CT molecular complexity index is 227. The molecule has 0 saturated heterocycles. The number of carbonyl (C=O) groups is 3. The average molecular weight is 298 g/mol. The Morgan fingerprint density at radius 2 is 1.25 bits per heavy atom. The maximum absolute atomic E-state index is 9.84. The van der Waals surface area contributed by atoms with Gasteiger partial charge in [0.05, 0.1) is 13.1 Å². The van der Waals surface area contributed by atoms with Crippen LogP contribution in [0, 0.1) is 0 Å². The Kier molecular flexibility index (Phi) is 47.5. The van der Waals surface area contributed by atoms with Crippen molar-refractivity contribution in [2.45, 2.75) is 56.0 Å². The molecule has 0 aliphatic carbocycles. The summed E-state index contributed by atoms with van der Waals surface area (Å²) in [6.07, 6.45) is 0. The zero-order chi connectivity index (χ0) is 14.4. The van der Waals surface area contributed by atoms with Crippen LogP contribution in [0.4, 0.5) is 0 Å². The summed E-state index contributed by atoms with van der Waals surface area (Å²) >= 11 is 0. The minimum atomic E-state index is -0.968. The smallest absolute Gasteiger partial charge is 0.317 e. The first-order chi connectivity index (χ1) is 7.63. The molecule has 20 heavy (non-hydrogen) atoms. The Hall–Kier alpha value is -1.47. The van der Waals surface area contributed by atoms with Gasteiger partial charge in [-0.1, -0.05) is 36.1 Å². The van der Waals surface area contributed by atoms with Gasteiger partial charge in [-0.2, -0.15) is 0 Å². The predicted octanol–water partition coefficient (Wildman–Crippen LogP) is 1.60. The maximum atomic E-state index is 9.84. The van der Waals surface area contributed by atoms with Gasteiger partial charge < -0.3 is 26.1 Å². The first kappa shape index (κ1) is 36.3. The van der Waals surface area contributed by atoms with E-state index in [1.54, 1.807) is 0 Å². The Morgan fingerprint density at radius 1 is 1.00 bits per heavy atom. The van der Waals surface area contributed by atoms with Crippen molar-refractivity contribution in [2.75, 3.05) is 13.1 Å². The molecule has 126 valence electrons. The van der Waals surface area contributed by atoms with E-state index in [-0.39, 0.29) is 47.2 Å². The Balaban J connectivity index is -0.0000000363. The summed E-state index contributed by atoms with van der Waals surface area (Å²) in [4.78, 5) is 28.5. The van der Waals surface area contributed by atoms with Gasteiger partial charge >= 0.3 is 11.9 Å². The molecule has 0 rings (SSSR count). The number of carboxylic acid groups (broad SMARTS) is 2. The minimum Gasteiger partial charge on any atom is -0.480 e. The number of aliphatic carboxylic acids is 2. The number of carbonyl (C=O) groups excluding carboxylic acids is 1. The normalized spacial score (nSPS) is 7.10. The fraction of sp³-hybridized carbons (Fsp3) is 0.769. The van der Waals surface area contributed by atoms with Crippen molar-refractivity contribution in [3.05, 3.63) is 0 Å². The predicted molar refractivity (Wildman–Crippen MR) is 84.0 cm³/mol. The van der Waals surface area contributed by atoms with E-state index >= 15 is 0 Å². The summed E-state index contributed by atoms with van der Waals surface area (Å²) in [7, 11) is 0. The van der Waals surface area contributed by atoms with Crippen LogP contribution in [0.2, 0.25) is 0 Å². The van der Waals surface area contributed by atoms with Gasteiger partial charge in [0.25, 0.3) is 0 Å². The van der Waals surface area contributed by atoms with Gasteiger partial charge in [-0.3, -0.25) is 9.59 Å². The molecule has 7 nitrogen and oxygen atoms in total. The molecule has 5 N–H and O–H groups in total. The second-order valence-corrected chi connectivity index (χ2v) is 3.44. The average Bonchev–Trinajstić information content (AvgIpc) is 2.14. The van der Waals surface area contributed by atoms with Crippen LogP contribution in [0.5, 0.6) is 0 Å². The van der Waals surface area contributed by atoms with Crippen molar-refractivity contribution in [3.63, 3.8) is 0 Å². The van der Waals surface area contributed by atoms with E-state index in [1.165, 1.54) is 13.8 Å². The van der Waals surface area contributed by atoms with Crippen LogP contribution in [-0.2, 0) is 14.4 Å². The summed E-state index contributed by atoms with van der Waals surface area (Å²) < 4.78 is 0. The fourth-order valence-corrected chi connectivity index (χ4v) is 0.291. The topological polar surface area (TPSA) is 130 Å². The lowest BCUT2D eigenvalue weighted by atomic mass is 10.4. The zero-order valence-electron chi connectivity index (χ0n) is 10.7. The molecule has 0 fully saturated rings. The van der Waals surface area contributed by atoms with Crippen LogP contribution in [0.25, 0.3) is 0 Å². The molecule has 0 radical (unpaired) electrons. The van der Waals surface area contributed by atoms with E-state index in [4.69, 9.17) is 10.2 Å². The van der Waals surface area contributed by atoms with Gasteiger partial charge in [0, 0.05) is 6.04 Å². The first-order valence-electron chi connectivity index (χ1n) is 4.97. The van der Waals surface area contributed by atoms with Crippen molar-refractivity contribution in [1.29, 1.82) is 0 Å². The lowest BCUT2D eigenvalue weighted by Gasteiger charge is -2.02. The number of hydrogen-bond acceptors (Lipinski definition) is 5. The van der Waals surface area contributed by atoms with Gasteiger partial charge in [-0.05, 0) is 13.8 Å². The highest BCUT2D eigenvalue weighted by molar-refractivity contribution is 5.72. The van der Waals surface area contributed by atoms with Crippen LogP contribution in [0.15, 0.2) is 0 Å². The lowest BCUT2D eigenvalue weighted by Crippen LogP contribution is -2.28. The molecule has 7 heteroatoms. The first-order valence-corrected chi connectivity index (χ1v) is 4.97. The van der Waals surface area contributed by atoms with E-state index in [1.807, 2.05) is 13.8 Å². The molecule has 0 aromatic carbocycles. The highest BCUT2D eigenvalue weighted by atomic mass is 16.4. The van der Waals surface area contributed by atoms with Gasteiger partial charge in [-0.15, -0.1) is 0 Å². The Morgan fingerprint density at radius 3 is 1.30 bits per heavy atom. The third-order valence-electron chi connectivity index (χ3n) is 0.836. The van der Waals surface area contributed by atoms with Crippen molar-refractivity contribution in [3.8, 4) is 0 Å². The van der Waals surface area contributed by atoms with Gasteiger partial charge in [0.15, 0.2) is 0 Å².